The lowest BCUT2D eigenvalue weighted by Gasteiger charge is -1.94. The van der Waals surface area contributed by atoms with Gasteiger partial charge in [0.1, 0.15) is 0 Å². The van der Waals surface area contributed by atoms with Crippen LogP contribution in [0.25, 0.3) is 0 Å². The Hall–Kier alpha value is 0.170. The Balaban J connectivity index is 0. The second kappa shape index (κ2) is 11.0. The minimum absolute atomic E-state index is 0. The maximum absolute atomic E-state index is 8.29. The van der Waals surface area contributed by atoms with Crippen molar-refractivity contribution in [3.05, 3.63) is 0 Å². The van der Waals surface area contributed by atoms with Gasteiger partial charge in [-0.3, -0.25) is 0 Å². The van der Waals surface area contributed by atoms with Crippen LogP contribution in [-0.4, -0.2) is 18.3 Å². The summed E-state index contributed by atoms with van der Waals surface area (Å²) >= 11 is 0. The molecule has 9 heavy (non-hydrogen) atoms. The molecule has 0 amide bonds. The molecular weight excluding hydrogens is 142 g/mol. The number of aliphatic hydroxyl groups excluding tert-OH is 1. The Morgan fingerprint density at radius 2 is 1.89 bits per heavy atom. The van der Waals surface area contributed by atoms with Crippen molar-refractivity contribution in [1.82, 2.24) is 0 Å². The van der Waals surface area contributed by atoms with Gasteiger partial charge in [0.25, 0.3) is 0 Å². The normalized spacial score (nSPS) is 8.67. The van der Waals surface area contributed by atoms with Crippen LogP contribution in [0.4, 0.5) is 0 Å². The lowest BCUT2D eigenvalue weighted by Crippen LogP contribution is -2.00. The molecule has 0 radical (unpaired) electrons. The van der Waals surface area contributed by atoms with Gasteiger partial charge in [-0.15, -0.1) is 12.4 Å². The maximum atomic E-state index is 8.29. The van der Waals surface area contributed by atoms with Gasteiger partial charge in [-0.2, -0.15) is 0 Å². The molecule has 0 heterocycles. The first-order chi connectivity index (χ1) is 3.91. The zero-order valence-corrected chi connectivity index (χ0v) is 6.19. The highest BCUT2D eigenvalue weighted by atomic mass is 35.5. The van der Waals surface area contributed by atoms with Crippen LogP contribution in [0.2, 0.25) is 0 Å². The van der Waals surface area contributed by atoms with Crippen molar-refractivity contribution >= 4 is 12.4 Å². The van der Waals surface area contributed by atoms with Crippen LogP contribution in [0.3, 0.4) is 0 Å². The van der Waals surface area contributed by atoms with Gasteiger partial charge in [-0.05, 0) is 19.3 Å². The van der Waals surface area contributed by atoms with Gasteiger partial charge in [-0.25, -0.2) is 5.90 Å². The van der Waals surface area contributed by atoms with E-state index in [0.717, 1.165) is 19.3 Å². The van der Waals surface area contributed by atoms with E-state index in [2.05, 4.69) is 4.84 Å². The van der Waals surface area contributed by atoms with Crippen LogP contribution < -0.4 is 5.90 Å². The minimum atomic E-state index is 0. The molecule has 0 fully saturated rings. The first-order valence-electron chi connectivity index (χ1n) is 2.84. The van der Waals surface area contributed by atoms with Crippen LogP contribution in [0, 0.1) is 0 Å². The van der Waals surface area contributed by atoms with Crippen molar-refractivity contribution in [2.45, 2.75) is 19.3 Å². The molecule has 0 saturated heterocycles. The van der Waals surface area contributed by atoms with E-state index in [1.165, 1.54) is 0 Å². The van der Waals surface area contributed by atoms with Gasteiger partial charge in [-0.1, -0.05) is 0 Å². The van der Waals surface area contributed by atoms with Crippen molar-refractivity contribution in [2.24, 2.45) is 5.90 Å². The first-order valence-corrected chi connectivity index (χ1v) is 2.84. The molecule has 3 N–H and O–H groups in total. The molecule has 0 rings (SSSR count). The fourth-order valence-corrected chi connectivity index (χ4v) is 0.474. The third-order valence-corrected chi connectivity index (χ3v) is 0.920. The number of hydrogen-bond acceptors (Lipinski definition) is 3. The van der Waals surface area contributed by atoms with Crippen molar-refractivity contribution in [3.63, 3.8) is 0 Å². The van der Waals surface area contributed by atoms with E-state index in [4.69, 9.17) is 11.0 Å². The van der Waals surface area contributed by atoms with Gasteiger partial charge in [0.2, 0.25) is 0 Å². The number of rotatable bonds is 5. The number of unbranched alkanes of at least 4 members (excludes halogenated alkanes) is 2. The minimum Gasteiger partial charge on any atom is -0.396 e. The summed E-state index contributed by atoms with van der Waals surface area (Å²) in [4.78, 5) is 4.31. The smallest absolute Gasteiger partial charge is 0.0679 e. The lowest BCUT2D eigenvalue weighted by atomic mass is 10.2. The molecule has 0 aromatic carbocycles. The van der Waals surface area contributed by atoms with E-state index in [9.17, 15) is 0 Å². The summed E-state index contributed by atoms with van der Waals surface area (Å²) in [7, 11) is 0. The fraction of sp³-hybridized carbons (Fsp3) is 1.00. The molecule has 0 aliphatic heterocycles. The van der Waals surface area contributed by atoms with E-state index in [-0.39, 0.29) is 19.0 Å². The van der Waals surface area contributed by atoms with Crippen LogP contribution in [0.5, 0.6) is 0 Å². The van der Waals surface area contributed by atoms with Crippen LogP contribution in [0.15, 0.2) is 0 Å². The standard InChI is InChI=1S/C5H13NO2.ClH/c6-8-5-3-1-2-4-7;/h7H,1-6H2;1H. The number of aliphatic hydroxyl groups is 1. The Labute approximate surface area is 61.6 Å². The molecule has 0 aromatic heterocycles. The molecule has 0 unspecified atom stereocenters. The topological polar surface area (TPSA) is 55.5 Å². The third kappa shape index (κ3) is 11.6. The second-order valence-corrected chi connectivity index (χ2v) is 1.66. The quantitative estimate of drug-likeness (QED) is 0.448. The number of nitrogens with two attached hydrogens (primary N) is 1. The maximum Gasteiger partial charge on any atom is 0.0679 e. The highest BCUT2D eigenvalue weighted by Gasteiger charge is 1.84. The summed E-state index contributed by atoms with van der Waals surface area (Å²) < 4.78 is 0. The molecule has 0 aliphatic carbocycles. The van der Waals surface area contributed by atoms with Crippen molar-refractivity contribution in [1.29, 1.82) is 0 Å². The van der Waals surface area contributed by atoms with Crippen molar-refractivity contribution in [3.8, 4) is 0 Å². The Morgan fingerprint density at radius 1 is 1.22 bits per heavy atom. The zero-order chi connectivity index (χ0) is 6.24. The fourth-order valence-electron chi connectivity index (χ4n) is 0.474. The zero-order valence-electron chi connectivity index (χ0n) is 5.38. The number of halogens is 1. The van der Waals surface area contributed by atoms with E-state index in [1.807, 2.05) is 0 Å². The Kier molecular flexibility index (Phi) is 14.6. The molecule has 0 aromatic rings. The molecule has 4 heteroatoms. The summed E-state index contributed by atoms with van der Waals surface area (Å²) in [5, 5.41) is 8.29. The van der Waals surface area contributed by atoms with Crippen molar-refractivity contribution < 1.29 is 9.94 Å². The molecule has 0 bridgehead atoms. The summed E-state index contributed by atoms with van der Waals surface area (Å²) in [6, 6.07) is 0. The SMILES string of the molecule is Cl.NOCCCCCO. The van der Waals surface area contributed by atoms with Gasteiger partial charge in [0.05, 0.1) is 6.61 Å². The van der Waals surface area contributed by atoms with E-state index >= 15 is 0 Å². The van der Waals surface area contributed by atoms with Crippen molar-refractivity contribution in [2.75, 3.05) is 13.2 Å². The Morgan fingerprint density at radius 3 is 2.33 bits per heavy atom. The molecular formula is C5H14ClNO2. The highest BCUT2D eigenvalue weighted by molar-refractivity contribution is 5.85. The average Bonchev–Trinajstić information content (AvgIpc) is 1.81. The first kappa shape index (κ1) is 11.9. The molecule has 0 saturated carbocycles. The molecule has 58 valence electrons. The summed E-state index contributed by atoms with van der Waals surface area (Å²) in [5.74, 6) is 4.75. The molecule has 3 nitrogen and oxygen atoms in total. The molecule has 0 aliphatic rings. The average molecular weight is 156 g/mol. The summed E-state index contributed by atoms with van der Waals surface area (Å²) in [5.41, 5.74) is 0. The molecule has 0 spiro atoms. The Bertz CT molecular complexity index is 39.9. The van der Waals surface area contributed by atoms with Crippen LogP contribution in [-0.2, 0) is 4.84 Å². The van der Waals surface area contributed by atoms with E-state index < -0.39 is 0 Å². The highest BCUT2D eigenvalue weighted by Crippen LogP contribution is 1.91. The van der Waals surface area contributed by atoms with E-state index in [1.54, 1.807) is 0 Å². The second-order valence-electron chi connectivity index (χ2n) is 1.66. The predicted molar refractivity (Wildman–Crippen MR) is 38.3 cm³/mol. The van der Waals surface area contributed by atoms with Crippen LogP contribution in [0.1, 0.15) is 19.3 Å². The third-order valence-electron chi connectivity index (χ3n) is 0.920. The monoisotopic (exact) mass is 155 g/mol. The summed E-state index contributed by atoms with van der Waals surface area (Å²) in [6.45, 7) is 0.866. The van der Waals surface area contributed by atoms with Crippen LogP contribution >= 0.6 is 12.4 Å². The number of hydrogen-bond donors (Lipinski definition) is 2. The molecule has 0 atom stereocenters. The lowest BCUT2D eigenvalue weighted by molar-refractivity contribution is 0.132. The van der Waals surface area contributed by atoms with Gasteiger partial charge in [0.15, 0.2) is 0 Å². The van der Waals surface area contributed by atoms with Gasteiger partial charge >= 0.3 is 0 Å². The van der Waals surface area contributed by atoms with E-state index in [0.29, 0.717) is 6.61 Å². The van der Waals surface area contributed by atoms with Gasteiger partial charge < -0.3 is 9.94 Å². The predicted octanol–water partition coefficient (Wildman–Crippen LogP) is 0.461. The van der Waals surface area contributed by atoms with Gasteiger partial charge in [0, 0.05) is 6.61 Å². The summed E-state index contributed by atoms with van der Waals surface area (Å²) in [6.07, 6.45) is 2.79. The largest absolute Gasteiger partial charge is 0.396 e.